The normalized spacial score (nSPS) is 11.8. The summed E-state index contributed by atoms with van der Waals surface area (Å²) in [5.41, 5.74) is 5.13. The molecule has 0 saturated carbocycles. The van der Waals surface area contributed by atoms with Crippen molar-refractivity contribution in [2.45, 2.75) is 27.3 Å². The Kier molecular flexibility index (Phi) is 7.61. The molecule has 5 nitrogen and oxygen atoms in total. The molecule has 6 heteroatoms. The molecule has 150 valence electrons. The van der Waals surface area contributed by atoms with E-state index in [1.165, 1.54) is 5.56 Å². The maximum Gasteiger partial charge on any atom is 0.279 e. The predicted octanol–water partition coefficient (Wildman–Crippen LogP) is 2.38. The first-order chi connectivity index (χ1) is 13.2. The minimum Gasteiger partial charge on any atom is -0.337 e. The van der Waals surface area contributed by atoms with Crippen LogP contribution in [0.25, 0.3) is 0 Å². The molecular weight excluding hydrogens is 374 g/mol. The van der Waals surface area contributed by atoms with E-state index in [2.05, 4.69) is 17.4 Å². The molecule has 0 heterocycles. The number of carbonyl (C=O) groups excluding carboxylic acids is 2. The van der Waals surface area contributed by atoms with E-state index >= 15 is 0 Å². The molecule has 0 radical (unpaired) electrons. The lowest BCUT2D eigenvalue weighted by molar-refractivity contribution is -0.862. The van der Waals surface area contributed by atoms with E-state index in [9.17, 15) is 9.59 Å². The standard InChI is InChI=1S/C22H28ClN3O2/c1-15-10-16(2)22(17(3)11-15)24-20(27)13-25(4)14-21(28)26(5)12-18-6-8-19(23)9-7-18/h6-11H,12-14H2,1-5H3,(H,24,27)/p+1. The first-order valence-corrected chi connectivity index (χ1v) is 9.71. The van der Waals surface area contributed by atoms with Gasteiger partial charge in [0.25, 0.3) is 11.8 Å². The zero-order valence-electron chi connectivity index (χ0n) is 17.2. The number of benzene rings is 2. The largest absolute Gasteiger partial charge is 0.337 e. The van der Waals surface area contributed by atoms with Crippen LogP contribution in [0.1, 0.15) is 22.3 Å². The minimum absolute atomic E-state index is 0.0112. The van der Waals surface area contributed by atoms with Crippen molar-refractivity contribution in [1.29, 1.82) is 0 Å². The third-order valence-corrected chi connectivity index (χ3v) is 4.87. The molecule has 2 amide bonds. The zero-order chi connectivity index (χ0) is 20.8. The summed E-state index contributed by atoms with van der Waals surface area (Å²) in [5, 5.41) is 3.66. The molecule has 0 aliphatic rings. The number of nitrogens with zero attached hydrogens (tertiary/aromatic N) is 1. The molecule has 0 aromatic heterocycles. The summed E-state index contributed by atoms with van der Waals surface area (Å²) in [5.74, 6) is -0.108. The fraction of sp³-hybridized carbons (Fsp3) is 0.364. The Morgan fingerprint density at radius 1 is 1.04 bits per heavy atom. The molecule has 0 bridgehead atoms. The number of halogens is 1. The lowest BCUT2D eigenvalue weighted by atomic mass is 10.1. The van der Waals surface area contributed by atoms with Crippen LogP contribution < -0.4 is 10.2 Å². The van der Waals surface area contributed by atoms with Crippen molar-refractivity contribution < 1.29 is 14.5 Å². The van der Waals surface area contributed by atoms with E-state index in [0.29, 0.717) is 11.6 Å². The Balaban J connectivity index is 1.86. The number of carbonyl (C=O) groups is 2. The number of hydrogen-bond donors (Lipinski definition) is 2. The van der Waals surface area contributed by atoms with Gasteiger partial charge in [0.2, 0.25) is 0 Å². The lowest BCUT2D eigenvalue weighted by Gasteiger charge is -2.20. The van der Waals surface area contributed by atoms with E-state index in [0.717, 1.165) is 27.3 Å². The number of rotatable bonds is 7. The van der Waals surface area contributed by atoms with Gasteiger partial charge < -0.3 is 15.1 Å². The van der Waals surface area contributed by atoms with Crippen LogP contribution in [0.4, 0.5) is 5.69 Å². The maximum absolute atomic E-state index is 12.5. The molecule has 0 fully saturated rings. The van der Waals surface area contributed by atoms with Gasteiger partial charge in [0.1, 0.15) is 0 Å². The number of likely N-dealkylation sites (N-methyl/N-ethyl adjacent to an activating group) is 2. The van der Waals surface area contributed by atoms with Crippen LogP contribution in [-0.4, -0.2) is 43.9 Å². The Morgan fingerprint density at radius 2 is 1.61 bits per heavy atom. The Morgan fingerprint density at radius 3 is 2.18 bits per heavy atom. The summed E-state index contributed by atoms with van der Waals surface area (Å²) >= 11 is 5.89. The molecule has 2 N–H and O–H groups in total. The van der Waals surface area contributed by atoms with Crippen LogP contribution in [0.2, 0.25) is 5.02 Å². The average Bonchev–Trinajstić information content (AvgIpc) is 2.59. The first kappa shape index (κ1) is 21.9. The van der Waals surface area contributed by atoms with Crippen LogP contribution >= 0.6 is 11.6 Å². The molecule has 0 aliphatic heterocycles. The highest BCUT2D eigenvalue weighted by atomic mass is 35.5. The summed E-state index contributed by atoms with van der Waals surface area (Å²) in [6.45, 7) is 7.01. The molecule has 0 saturated heterocycles. The molecule has 2 rings (SSSR count). The van der Waals surface area contributed by atoms with Crippen LogP contribution in [0, 0.1) is 20.8 Å². The second-order valence-electron chi connectivity index (χ2n) is 7.51. The van der Waals surface area contributed by atoms with Gasteiger partial charge in [-0.3, -0.25) is 9.59 Å². The van der Waals surface area contributed by atoms with Gasteiger partial charge in [-0.25, -0.2) is 0 Å². The average molecular weight is 403 g/mol. The SMILES string of the molecule is Cc1cc(C)c(NC(=O)C[NH+](C)CC(=O)N(C)Cc2ccc(Cl)cc2)c(C)c1. The summed E-state index contributed by atoms with van der Waals surface area (Å²) in [4.78, 5) is 27.4. The van der Waals surface area contributed by atoms with E-state index in [1.807, 2.05) is 52.1 Å². The topological polar surface area (TPSA) is 53.9 Å². The summed E-state index contributed by atoms with van der Waals surface area (Å²) in [6.07, 6.45) is 0. The van der Waals surface area contributed by atoms with Crippen molar-refractivity contribution in [3.05, 3.63) is 63.7 Å². The van der Waals surface area contributed by atoms with Crippen molar-refractivity contribution in [3.8, 4) is 0 Å². The molecule has 1 atom stereocenters. The quantitative estimate of drug-likeness (QED) is 0.747. The van der Waals surface area contributed by atoms with Gasteiger partial charge >= 0.3 is 0 Å². The van der Waals surface area contributed by atoms with Crippen molar-refractivity contribution >= 4 is 29.1 Å². The van der Waals surface area contributed by atoms with Gasteiger partial charge in [-0.2, -0.15) is 0 Å². The predicted molar refractivity (Wildman–Crippen MR) is 114 cm³/mol. The van der Waals surface area contributed by atoms with Gasteiger partial charge in [-0.15, -0.1) is 0 Å². The Hall–Kier alpha value is -2.37. The molecule has 2 aromatic rings. The number of quaternary nitrogens is 1. The highest BCUT2D eigenvalue weighted by Crippen LogP contribution is 2.21. The fourth-order valence-corrected chi connectivity index (χ4v) is 3.37. The van der Waals surface area contributed by atoms with Crippen LogP contribution in [0.15, 0.2) is 36.4 Å². The van der Waals surface area contributed by atoms with Gasteiger partial charge in [-0.1, -0.05) is 41.4 Å². The lowest BCUT2D eigenvalue weighted by Crippen LogP contribution is -3.11. The molecule has 2 aromatic carbocycles. The van der Waals surface area contributed by atoms with Crippen molar-refractivity contribution in [2.75, 3.05) is 32.5 Å². The zero-order valence-corrected chi connectivity index (χ0v) is 18.0. The summed E-state index contributed by atoms with van der Waals surface area (Å²) < 4.78 is 0. The molecule has 0 aliphatic carbocycles. The van der Waals surface area contributed by atoms with E-state index in [1.54, 1.807) is 11.9 Å². The second kappa shape index (κ2) is 9.71. The highest BCUT2D eigenvalue weighted by molar-refractivity contribution is 6.30. The monoisotopic (exact) mass is 402 g/mol. The van der Waals surface area contributed by atoms with E-state index in [4.69, 9.17) is 11.6 Å². The van der Waals surface area contributed by atoms with Gasteiger partial charge in [0.05, 0.1) is 7.05 Å². The number of anilines is 1. The van der Waals surface area contributed by atoms with Gasteiger partial charge in [-0.05, 0) is 49.6 Å². The summed E-state index contributed by atoms with van der Waals surface area (Å²) in [6, 6.07) is 11.5. The van der Waals surface area contributed by atoms with Gasteiger partial charge in [0.15, 0.2) is 13.1 Å². The number of aryl methyl sites for hydroxylation is 3. The summed E-state index contributed by atoms with van der Waals surface area (Å²) in [7, 11) is 3.62. The van der Waals surface area contributed by atoms with Crippen molar-refractivity contribution in [2.24, 2.45) is 0 Å². The van der Waals surface area contributed by atoms with E-state index in [-0.39, 0.29) is 24.9 Å². The highest BCUT2D eigenvalue weighted by Gasteiger charge is 2.18. The van der Waals surface area contributed by atoms with Crippen molar-refractivity contribution in [1.82, 2.24) is 4.90 Å². The first-order valence-electron chi connectivity index (χ1n) is 9.33. The maximum atomic E-state index is 12.5. The third-order valence-electron chi connectivity index (χ3n) is 4.62. The minimum atomic E-state index is -0.0966. The van der Waals surface area contributed by atoms with Crippen molar-refractivity contribution in [3.63, 3.8) is 0 Å². The number of hydrogen-bond acceptors (Lipinski definition) is 2. The second-order valence-corrected chi connectivity index (χ2v) is 7.95. The molecule has 1 unspecified atom stereocenters. The number of nitrogens with one attached hydrogen (secondary N) is 2. The van der Waals surface area contributed by atoms with Crippen LogP contribution in [0.3, 0.4) is 0 Å². The Bertz CT molecular complexity index is 826. The van der Waals surface area contributed by atoms with Gasteiger partial charge in [0, 0.05) is 24.3 Å². The third kappa shape index (κ3) is 6.36. The molecular formula is C22H29ClN3O2+. The number of amides is 2. The molecule has 0 spiro atoms. The molecule has 28 heavy (non-hydrogen) atoms. The fourth-order valence-electron chi connectivity index (χ4n) is 3.24. The Labute approximate surface area is 172 Å². The van der Waals surface area contributed by atoms with Crippen LogP contribution in [0.5, 0.6) is 0 Å². The smallest absolute Gasteiger partial charge is 0.279 e. The van der Waals surface area contributed by atoms with Crippen LogP contribution in [-0.2, 0) is 16.1 Å². The van der Waals surface area contributed by atoms with E-state index < -0.39 is 0 Å².